The molecular formula is C22H24N6O3. The number of ether oxygens (including phenoxy) is 1. The van der Waals surface area contributed by atoms with Gasteiger partial charge in [-0.1, -0.05) is 12.1 Å². The van der Waals surface area contributed by atoms with Crippen molar-refractivity contribution in [3.8, 4) is 11.3 Å². The summed E-state index contributed by atoms with van der Waals surface area (Å²) in [6, 6.07) is 7.66. The van der Waals surface area contributed by atoms with Gasteiger partial charge in [0, 0.05) is 56.6 Å². The van der Waals surface area contributed by atoms with Gasteiger partial charge in [-0.15, -0.1) is 0 Å². The van der Waals surface area contributed by atoms with Gasteiger partial charge in [-0.3, -0.25) is 4.57 Å². The fourth-order valence-corrected chi connectivity index (χ4v) is 3.96. The molecule has 0 atom stereocenters. The van der Waals surface area contributed by atoms with E-state index in [4.69, 9.17) is 9.15 Å². The summed E-state index contributed by atoms with van der Waals surface area (Å²) in [5, 5.41) is 0.865. The van der Waals surface area contributed by atoms with Crippen LogP contribution in [0.4, 0.5) is 5.95 Å². The third-order valence-electron chi connectivity index (χ3n) is 5.71. The van der Waals surface area contributed by atoms with Crippen molar-refractivity contribution in [1.82, 2.24) is 24.4 Å². The van der Waals surface area contributed by atoms with Gasteiger partial charge < -0.3 is 19.0 Å². The third kappa shape index (κ3) is 3.55. The van der Waals surface area contributed by atoms with Crippen LogP contribution in [-0.2, 0) is 11.3 Å². The predicted molar refractivity (Wildman–Crippen MR) is 118 cm³/mol. The number of benzene rings is 1. The van der Waals surface area contributed by atoms with Crippen LogP contribution < -0.4 is 10.6 Å². The first-order valence-electron chi connectivity index (χ1n) is 10.3. The van der Waals surface area contributed by atoms with E-state index >= 15 is 0 Å². The van der Waals surface area contributed by atoms with Crippen LogP contribution >= 0.6 is 0 Å². The third-order valence-corrected chi connectivity index (χ3v) is 5.71. The van der Waals surface area contributed by atoms with Gasteiger partial charge in [0.15, 0.2) is 5.58 Å². The molecule has 0 aliphatic carbocycles. The molecule has 0 radical (unpaired) electrons. The summed E-state index contributed by atoms with van der Waals surface area (Å²) in [5.41, 5.74) is 2.72. The zero-order valence-electron chi connectivity index (χ0n) is 17.6. The molecule has 9 nitrogen and oxygen atoms in total. The number of rotatable bonds is 5. The van der Waals surface area contributed by atoms with E-state index in [0.29, 0.717) is 47.0 Å². The van der Waals surface area contributed by atoms with E-state index in [1.54, 1.807) is 24.1 Å². The van der Waals surface area contributed by atoms with E-state index in [1.165, 1.54) is 0 Å². The van der Waals surface area contributed by atoms with Crippen molar-refractivity contribution in [1.29, 1.82) is 0 Å². The van der Waals surface area contributed by atoms with Crippen molar-refractivity contribution < 1.29 is 9.15 Å². The first kappa shape index (κ1) is 19.7. The molecule has 31 heavy (non-hydrogen) atoms. The zero-order chi connectivity index (χ0) is 21.4. The molecule has 160 valence electrons. The van der Waals surface area contributed by atoms with Gasteiger partial charge in [-0.2, -0.15) is 4.98 Å². The fraction of sp³-hybridized carbons (Fsp3) is 0.364. The van der Waals surface area contributed by atoms with Crippen LogP contribution in [0.2, 0.25) is 0 Å². The van der Waals surface area contributed by atoms with Gasteiger partial charge >= 0.3 is 5.69 Å². The second kappa shape index (κ2) is 8.09. The average Bonchev–Trinajstić information content (AvgIpc) is 3.18. The maximum atomic E-state index is 12.9. The van der Waals surface area contributed by atoms with E-state index in [0.717, 1.165) is 31.6 Å². The van der Waals surface area contributed by atoms with Gasteiger partial charge in [0.05, 0.1) is 13.2 Å². The summed E-state index contributed by atoms with van der Waals surface area (Å²) in [5.74, 6) is 0.686. The Bertz CT molecular complexity index is 1270. The molecule has 1 saturated heterocycles. The van der Waals surface area contributed by atoms with Crippen molar-refractivity contribution in [2.45, 2.75) is 6.54 Å². The molecule has 9 heteroatoms. The standard InChI is InChI=1S/C22H24N6O3/c1-26-7-9-27(10-8-26)21-23-13-15(14-24-21)18-20-19(16-5-3-4-6-17(16)31-20)28(11-12-30-2)22(29)25-18/h3-6,13-14H,7-12H2,1-2H3. The van der Waals surface area contributed by atoms with Crippen LogP contribution in [0.15, 0.2) is 45.9 Å². The van der Waals surface area contributed by atoms with E-state index in [-0.39, 0.29) is 5.69 Å². The Morgan fingerprint density at radius 2 is 1.84 bits per heavy atom. The normalized spacial score (nSPS) is 15.2. The lowest BCUT2D eigenvalue weighted by molar-refractivity contribution is 0.187. The highest BCUT2D eigenvalue weighted by molar-refractivity contribution is 6.06. The number of likely N-dealkylation sites (N-methyl/N-ethyl adjacent to an activating group) is 1. The van der Waals surface area contributed by atoms with Crippen molar-refractivity contribution >= 4 is 28.0 Å². The molecule has 0 spiro atoms. The van der Waals surface area contributed by atoms with Gasteiger partial charge in [0.2, 0.25) is 5.95 Å². The predicted octanol–water partition coefficient (Wildman–Crippen LogP) is 2.00. The van der Waals surface area contributed by atoms with Gasteiger partial charge in [0.25, 0.3) is 0 Å². The Labute approximate surface area is 178 Å². The van der Waals surface area contributed by atoms with E-state index < -0.39 is 0 Å². The monoisotopic (exact) mass is 420 g/mol. The highest BCUT2D eigenvalue weighted by Gasteiger charge is 2.21. The summed E-state index contributed by atoms with van der Waals surface area (Å²) in [6.45, 7) is 4.52. The van der Waals surface area contributed by atoms with Crippen molar-refractivity contribution in [2.24, 2.45) is 0 Å². The molecular weight excluding hydrogens is 396 g/mol. The molecule has 4 aromatic rings. The highest BCUT2D eigenvalue weighted by atomic mass is 16.5. The second-order valence-electron chi connectivity index (χ2n) is 7.73. The van der Waals surface area contributed by atoms with E-state index in [1.807, 2.05) is 24.3 Å². The molecule has 1 aliphatic rings. The molecule has 1 aromatic carbocycles. The smallest absolute Gasteiger partial charge is 0.348 e. The Kier molecular flexibility index (Phi) is 5.13. The summed E-state index contributed by atoms with van der Waals surface area (Å²) in [6.07, 6.45) is 3.43. The Hall–Kier alpha value is -3.30. The van der Waals surface area contributed by atoms with Gasteiger partial charge in [-0.25, -0.2) is 14.8 Å². The highest BCUT2D eigenvalue weighted by Crippen LogP contribution is 2.33. The molecule has 5 rings (SSSR count). The average molecular weight is 420 g/mol. The Balaban J connectivity index is 1.61. The number of anilines is 1. The number of aromatic nitrogens is 4. The first-order valence-corrected chi connectivity index (χ1v) is 10.3. The summed E-state index contributed by atoms with van der Waals surface area (Å²) in [7, 11) is 3.72. The number of furan rings is 1. The van der Waals surface area contributed by atoms with Crippen LogP contribution in [0.25, 0.3) is 33.3 Å². The quantitative estimate of drug-likeness (QED) is 0.484. The number of fused-ring (bicyclic) bond motifs is 3. The summed E-state index contributed by atoms with van der Waals surface area (Å²) >= 11 is 0. The number of hydrogen-bond acceptors (Lipinski definition) is 8. The summed E-state index contributed by atoms with van der Waals surface area (Å²) < 4.78 is 12.9. The second-order valence-corrected chi connectivity index (χ2v) is 7.73. The van der Waals surface area contributed by atoms with E-state index in [9.17, 15) is 4.79 Å². The zero-order valence-corrected chi connectivity index (χ0v) is 17.6. The van der Waals surface area contributed by atoms with Crippen molar-refractivity contribution in [3.05, 3.63) is 47.1 Å². The Morgan fingerprint density at radius 1 is 1.10 bits per heavy atom. The molecule has 1 fully saturated rings. The van der Waals surface area contributed by atoms with Crippen LogP contribution in [0.5, 0.6) is 0 Å². The van der Waals surface area contributed by atoms with Crippen LogP contribution in [0.3, 0.4) is 0 Å². The number of nitrogens with zero attached hydrogens (tertiary/aromatic N) is 6. The molecule has 4 heterocycles. The van der Waals surface area contributed by atoms with Crippen LogP contribution in [-0.4, -0.2) is 71.4 Å². The maximum absolute atomic E-state index is 12.9. The molecule has 0 unspecified atom stereocenters. The molecule has 0 N–H and O–H groups in total. The SMILES string of the molecule is COCCn1c(=O)nc(-c2cnc(N3CCN(C)CC3)nc2)c2oc3ccccc3c21. The molecule has 1 aliphatic heterocycles. The number of hydrogen-bond donors (Lipinski definition) is 0. The molecule has 0 bridgehead atoms. The topological polar surface area (TPSA) is 89.5 Å². The van der Waals surface area contributed by atoms with Crippen LogP contribution in [0, 0.1) is 0 Å². The van der Waals surface area contributed by atoms with Gasteiger partial charge in [0.1, 0.15) is 16.8 Å². The minimum Gasteiger partial charge on any atom is -0.452 e. The van der Waals surface area contributed by atoms with Crippen molar-refractivity contribution in [3.63, 3.8) is 0 Å². The lowest BCUT2D eigenvalue weighted by Crippen LogP contribution is -2.45. The minimum absolute atomic E-state index is 0.353. The van der Waals surface area contributed by atoms with E-state index in [2.05, 4.69) is 31.8 Å². The fourth-order valence-electron chi connectivity index (χ4n) is 3.96. The minimum atomic E-state index is -0.353. The molecule has 3 aromatic heterocycles. The molecule has 0 amide bonds. The lowest BCUT2D eigenvalue weighted by Gasteiger charge is -2.32. The van der Waals surface area contributed by atoms with Crippen molar-refractivity contribution in [2.75, 3.05) is 51.8 Å². The Morgan fingerprint density at radius 3 is 2.58 bits per heavy atom. The van der Waals surface area contributed by atoms with Gasteiger partial charge in [-0.05, 0) is 19.2 Å². The maximum Gasteiger partial charge on any atom is 0.348 e. The number of para-hydroxylation sites is 1. The first-order chi connectivity index (χ1) is 15.2. The molecule has 0 saturated carbocycles. The summed E-state index contributed by atoms with van der Waals surface area (Å²) in [4.78, 5) is 30.8. The number of piperazine rings is 1. The number of methoxy groups -OCH3 is 1. The largest absolute Gasteiger partial charge is 0.452 e. The lowest BCUT2D eigenvalue weighted by atomic mass is 10.2. The van der Waals surface area contributed by atoms with Crippen LogP contribution in [0.1, 0.15) is 0 Å².